The molecule has 3 aromatic rings. The standard InChI is InChI=1S/C18H15N3O4S/c19-16(22)10-26-15-6-2-1-4-13(15)21-18(24)11-7-8-12(20-17(11)23)14-5-3-9-25-14/h1-9H,10H2,(H2,19,22)(H,20,23)(H,21,24). The molecule has 2 heterocycles. The lowest BCUT2D eigenvalue weighted by Crippen LogP contribution is -2.23. The predicted molar refractivity (Wildman–Crippen MR) is 99.1 cm³/mol. The molecule has 0 saturated carbocycles. The summed E-state index contributed by atoms with van der Waals surface area (Å²) in [6, 6.07) is 13.4. The van der Waals surface area contributed by atoms with E-state index in [9.17, 15) is 14.4 Å². The molecule has 0 saturated heterocycles. The van der Waals surface area contributed by atoms with Crippen molar-refractivity contribution >= 4 is 29.3 Å². The van der Waals surface area contributed by atoms with E-state index in [1.807, 2.05) is 0 Å². The number of aromatic nitrogens is 1. The van der Waals surface area contributed by atoms with Crippen molar-refractivity contribution in [3.05, 3.63) is 70.7 Å². The zero-order chi connectivity index (χ0) is 18.5. The van der Waals surface area contributed by atoms with Crippen LogP contribution in [0.3, 0.4) is 0 Å². The summed E-state index contributed by atoms with van der Waals surface area (Å²) >= 11 is 1.21. The summed E-state index contributed by atoms with van der Waals surface area (Å²) in [5.41, 5.74) is 5.57. The summed E-state index contributed by atoms with van der Waals surface area (Å²) in [6.45, 7) is 0. The number of nitrogens with two attached hydrogens (primary N) is 1. The van der Waals surface area contributed by atoms with Crippen molar-refractivity contribution in [1.29, 1.82) is 0 Å². The number of thioether (sulfide) groups is 1. The van der Waals surface area contributed by atoms with Crippen LogP contribution < -0.4 is 16.6 Å². The molecule has 1 aromatic carbocycles. The van der Waals surface area contributed by atoms with Crippen molar-refractivity contribution in [3.8, 4) is 11.5 Å². The third-order valence-electron chi connectivity index (χ3n) is 3.45. The number of primary amides is 1. The minimum atomic E-state index is -0.552. The molecule has 0 aliphatic carbocycles. The van der Waals surface area contributed by atoms with Gasteiger partial charge in [-0.25, -0.2) is 0 Å². The van der Waals surface area contributed by atoms with Gasteiger partial charge in [-0.3, -0.25) is 14.4 Å². The van der Waals surface area contributed by atoms with E-state index in [1.54, 1.807) is 42.5 Å². The number of amides is 2. The second-order valence-corrected chi connectivity index (χ2v) is 6.31. The van der Waals surface area contributed by atoms with Gasteiger partial charge in [-0.1, -0.05) is 12.1 Å². The minimum Gasteiger partial charge on any atom is -0.463 e. The van der Waals surface area contributed by atoms with Gasteiger partial charge in [0, 0.05) is 4.90 Å². The molecule has 0 bridgehead atoms. The molecule has 0 spiro atoms. The van der Waals surface area contributed by atoms with Gasteiger partial charge in [-0.15, -0.1) is 11.8 Å². The Bertz CT molecular complexity index is 996. The van der Waals surface area contributed by atoms with E-state index >= 15 is 0 Å². The number of H-pyrrole nitrogens is 1. The van der Waals surface area contributed by atoms with Crippen LogP contribution in [0.1, 0.15) is 10.4 Å². The number of para-hydroxylation sites is 1. The van der Waals surface area contributed by atoms with Crippen LogP contribution >= 0.6 is 11.8 Å². The van der Waals surface area contributed by atoms with Crippen LogP contribution in [0.5, 0.6) is 0 Å². The van der Waals surface area contributed by atoms with Crippen molar-refractivity contribution in [1.82, 2.24) is 4.98 Å². The largest absolute Gasteiger partial charge is 0.463 e. The first-order valence-electron chi connectivity index (χ1n) is 7.63. The zero-order valence-electron chi connectivity index (χ0n) is 13.5. The number of benzene rings is 1. The Morgan fingerprint density at radius 2 is 1.92 bits per heavy atom. The molecule has 2 amide bonds. The van der Waals surface area contributed by atoms with E-state index in [-0.39, 0.29) is 11.3 Å². The summed E-state index contributed by atoms with van der Waals surface area (Å²) < 4.78 is 5.22. The Morgan fingerprint density at radius 3 is 2.62 bits per heavy atom. The molecule has 0 unspecified atom stereocenters. The molecule has 132 valence electrons. The fourth-order valence-electron chi connectivity index (χ4n) is 2.26. The van der Waals surface area contributed by atoms with Crippen molar-refractivity contribution in [3.63, 3.8) is 0 Å². The minimum absolute atomic E-state index is 0.0324. The van der Waals surface area contributed by atoms with Gasteiger partial charge in [0.25, 0.3) is 11.5 Å². The molecule has 0 aliphatic rings. The van der Waals surface area contributed by atoms with Crippen molar-refractivity contribution < 1.29 is 14.0 Å². The predicted octanol–water partition coefficient (Wildman–Crippen LogP) is 2.46. The Morgan fingerprint density at radius 1 is 1.12 bits per heavy atom. The summed E-state index contributed by atoms with van der Waals surface area (Å²) in [6.07, 6.45) is 1.49. The van der Waals surface area contributed by atoms with E-state index in [2.05, 4.69) is 10.3 Å². The number of pyridine rings is 1. The first-order valence-corrected chi connectivity index (χ1v) is 8.62. The molecule has 7 nitrogen and oxygen atoms in total. The topological polar surface area (TPSA) is 118 Å². The van der Waals surface area contributed by atoms with E-state index in [0.29, 0.717) is 22.0 Å². The van der Waals surface area contributed by atoms with Crippen LogP contribution in [0.15, 0.2) is 68.9 Å². The van der Waals surface area contributed by atoms with E-state index in [0.717, 1.165) is 0 Å². The first kappa shape index (κ1) is 17.6. The molecule has 3 rings (SSSR count). The molecule has 4 N–H and O–H groups in total. The second kappa shape index (κ2) is 7.75. The zero-order valence-corrected chi connectivity index (χ0v) is 14.3. The average Bonchev–Trinajstić information content (AvgIpc) is 3.15. The molecule has 0 fully saturated rings. The van der Waals surface area contributed by atoms with Gasteiger partial charge in [0.2, 0.25) is 5.91 Å². The summed E-state index contributed by atoms with van der Waals surface area (Å²) in [5.74, 6) is -0.418. The smallest absolute Gasteiger partial charge is 0.261 e. The molecule has 2 aromatic heterocycles. The van der Waals surface area contributed by atoms with Gasteiger partial charge in [-0.05, 0) is 36.4 Å². The van der Waals surface area contributed by atoms with Crippen molar-refractivity contribution in [2.24, 2.45) is 5.73 Å². The average molecular weight is 369 g/mol. The Labute approximate surface area is 152 Å². The Kier molecular flexibility index (Phi) is 5.23. The molecule has 0 radical (unpaired) electrons. The number of anilines is 1. The number of hydrogen-bond donors (Lipinski definition) is 3. The summed E-state index contributed by atoms with van der Waals surface area (Å²) in [7, 11) is 0. The maximum atomic E-state index is 12.5. The molecule has 8 heteroatoms. The maximum absolute atomic E-state index is 12.5. The lowest BCUT2D eigenvalue weighted by molar-refractivity contribution is -0.115. The third-order valence-corrected chi connectivity index (χ3v) is 4.54. The van der Waals surface area contributed by atoms with Gasteiger partial charge in [0.1, 0.15) is 11.3 Å². The molecule has 0 aliphatic heterocycles. The summed E-state index contributed by atoms with van der Waals surface area (Å²) in [5, 5.41) is 2.69. The highest BCUT2D eigenvalue weighted by Gasteiger charge is 2.14. The lowest BCUT2D eigenvalue weighted by atomic mass is 10.2. The van der Waals surface area contributed by atoms with Gasteiger partial charge in [0.15, 0.2) is 0 Å². The van der Waals surface area contributed by atoms with Crippen LogP contribution in [-0.4, -0.2) is 22.6 Å². The van der Waals surface area contributed by atoms with Crippen LogP contribution in [0.25, 0.3) is 11.5 Å². The number of furan rings is 1. The van der Waals surface area contributed by atoms with Crippen molar-refractivity contribution in [2.75, 3.05) is 11.1 Å². The molecule has 26 heavy (non-hydrogen) atoms. The number of hydrogen-bond acceptors (Lipinski definition) is 5. The molecular weight excluding hydrogens is 354 g/mol. The van der Waals surface area contributed by atoms with Gasteiger partial charge < -0.3 is 20.5 Å². The van der Waals surface area contributed by atoms with E-state index < -0.39 is 17.4 Å². The normalized spacial score (nSPS) is 10.5. The highest BCUT2D eigenvalue weighted by Crippen LogP contribution is 2.27. The van der Waals surface area contributed by atoms with E-state index in [4.69, 9.17) is 10.2 Å². The highest BCUT2D eigenvalue weighted by molar-refractivity contribution is 8.00. The fraction of sp³-hybridized carbons (Fsp3) is 0.0556. The van der Waals surface area contributed by atoms with Crippen molar-refractivity contribution in [2.45, 2.75) is 4.90 Å². The lowest BCUT2D eigenvalue weighted by Gasteiger charge is -2.10. The molecular formula is C18H15N3O4S. The fourth-order valence-corrected chi connectivity index (χ4v) is 3.01. The first-order chi connectivity index (χ1) is 12.5. The second-order valence-electron chi connectivity index (χ2n) is 5.30. The quantitative estimate of drug-likeness (QED) is 0.577. The van der Waals surface area contributed by atoms with Gasteiger partial charge in [0.05, 0.1) is 23.4 Å². The summed E-state index contributed by atoms with van der Waals surface area (Å²) in [4.78, 5) is 39.0. The monoisotopic (exact) mass is 369 g/mol. The Hall–Kier alpha value is -3.26. The van der Waals surface area contributed by atoms with Crippen LogP contribution in [0, 0.1) is 0 Å². The number of nitrogens with one attached hydrogen (secondary N) is 2. The van der Waals surface area contributed by atoms with Crippen LogP contribution in [0.2, 0.25) is 0 Å². The Balaban J connectivity index is 1.81. The maximum Gasteiger partial charge on any atom is 0.261 e. The number of carbonyl (C=O) groups excluding carboxylic acids is 2. The van der Waals surface area contributed by atoms with Gasteiger partial charge >= 0.3 is 0 Å². The van der Waals surface area contributed by atoms with Crippen LogP contribution in [0.4, 0.5) is 5.69 Å². The number of aromatic amines is 1. The molecule has 0 atom stereocenters. The SMILES string of the molecule is NC(=O)CSc1ccccc1NC(=O)c1ccc(-c2ccco2)[nH]c1=O. The van der Waals surface area contributed by atoms with E-state index in [1.165, 1.54) is 24.1 Å². The number of carbonyl (C=O) groups is 2. The highest BCUT2D eigenvalue weighted by atomic mass is 32.2. The third kappa shape index (κ3) is 4.04. The van der Waals surface area contributed by atoms with Crippen LogP contribution in [-0.2, 0) is 4.79 Å². The van der Waals surface area contributed by atoms with Gasteiger partial charge in [-0.2, -0.15) is 0 Å². The number of rotatable bonds is 6.